The summed E-state index contributed by atoms with van der Waals surface area (Å²) in [5.41, 5.74) is -0.258. The zero-order chi connectivity index (χ0) is 11.3. The van der Waals surface area contributed by atoms with E-state index in [1.807, 2.05) is 6.92 Å². The molecule has 0 spiro atoms. The number of hydrogen-bond acceptors (Lipinski definition) is 4. The Hall–Kier alpha value is -0.520. The molecule has 0 aromatic carbocycles. The first-order chi connectivity index (χ1) is 7.06. The molecule has 5 heteroatoms. The number of hydrogen-bond donors (Lipinski definition) is 3. The number of nitrogens with one attached hydrogen (secondary N) is 2. The third-order valence-corrected chi connectivity index (χ3v) is 3.26. The van der Waals surface area contributed by atoms with Gasteiger partial charge in [0.1, 0.15) is 0 Å². The molecule has 0 aliphatic heterocycles. The van der Waals surface area contributed by atoms with Crippen LogP contribution in [-0.2, 0) is 0 Å². The fraction of sp³-hybridized carbons (Fsp3) is 0.700. The maximum absolute atomic E-state index is 9.36. The molecule has 1 unspecified atom stereocenters. The summed E-state index contributed by atoms with van der Waals surface area (Å²) in [6.07, 6.45) is 3.53. The first kappa shape index (κ1) is 12.5. The zero-order valence-corrected chi connectivity index (χ0v) is 10.3. The van der Waals surface area contributed by atoms with Crippen LogP contribution in [0.1, 0.15) is 20.8 Å². The van der Waals surface area contributed by atoms with Gasteiger partial charge < -0.3 is 15.4 Å². The van der Waals surface area contributed by atoms with Gasteiger partial charge in [-0.25, -0.2) is 4.98 Å². The quantitative estimate of drug-likeness (QED) is 0.643. The van der Waals surface area contributed by atoms with Crippen molar-refractivity contribution in [3.63, 3.8) is 0 Å². The van der Waals surface area contributed by atoms with Crippen molar-refractivity contribution < 1.29 is 5.11 Å². The lowest BCUT2D eigenvalue weighted by atomic mass is 10.1. The topological polar surface area (TPSA) is 60.9 Å². The summed E-state index contributed by atoms with van der Waals surface area (Å²) in [6.45, 7) is 6.29. The van der Waals surface area contributed by atoms with E-state index in [2.05, 4.69) is 29.1 Å². The highest BCUT2D eigenvalue weighted by Gasteiger charge is 2.24. The summed E-state index contributed by atoms with van der Waals surface area (Å²) in [7, 11) is 0. The second kappa shape index (κ2) is 5.53. The number of rotatable bonds is 6. The van der Waals surface area contributed by atoms with Gasteiger partial charge in [0, 0.05) is 29.7 Å². The van der Waals surface area contributed by atoms with E-state index < -0.39 is 0 Å². The third kappa shape index (κ3) is 4.24. The second-order valence-electron chi connectivity index (χ2n) is 4.20. The number of nitrogens with zero attached hydrogens (tertiary/aromatic N) is 1. The van der Waals surface area contributed by atoms with E-state index in [0.717, 1.165) is 10.9 Å². The maximum Gasteiger partial charge on any atom is 0.165 e. The minimum absolute atomic E-state index is 0.124. The molecule has 1 aromatic heterocycles. The highest BCUT2D eigenvalue weighted by molar-refractivity contribution is 7.99. The van der Waals surface area contributed by atoms with Crippen LogP contribution >= 0.6 is 11.8 Å². The summed E-state index contributed by atoms with van der Waals surface area (Å²) in [4.78, 5) is 7.16. The predicted octanol–water partition coefficient (Wildman–Crippen LogP) is 1.25. The molecule has 0 radical (unpaired) electrons. The predicted molar refractivity (Wildman–Crippen MR) is 63.1 cm³/mol. The Morgan fingerprint density at radius 2 is 2.40 bits per heavy atom. The normalized spacial score (nSPS) is 15.5. The highest BCUT2D eigenvalue weighted by atomic mass is 32.2. The third-order valence-electron chi connectivity index (χ3n) is 1.99. The van der Waals surface area contributed by atoms with Gasteiger partial charge in [0.2, 0.25) is 0 Å². The zero-order valence-electron chi connectivity index (χ0n) is 9.45. The lowest BCUT2D eigenvalue weighted by Gasteiger charge is -2.30. The molecule has 4 nitrogen and oxygen atoms in total. The van der Waals surface area contributed by atoms with Crippen LogP contribution < -0.4 is 5.32 Å². The molecular formula is C10H19N3OS. The van der Waals surface area contributed by atoms with Crippen molar-refractivity contribution in [3.05, 3.63) is 12.4 Å². The Bertz CT molecular complexity index is 276. The minimum atomic E-state index is -0.258. The van der Waals surface area contributed by atoms with Crippen molar-refractivity contribution in [2.24, 2.45) is 0 Å². The molecule has 1 heterocycles. The van der Waals surface area contributed by atoms with Gasteiger partial charge in [-0.05, 0) is 6.92 Å². The number of H-pyrrole nitrogens is 1. The van der Waals surface area contributed by atoms with Crippen LogP contribution in [0.3, 0.4) is 0 Å². The molecule has 0 bridgehead atoms. The van der Waals surface area contributed by atoms with Crippen LogP contribution in [0.2, 0.25) is 0 Å². The average molecular weight is 229 g/mol. The fourth-order valence-electron chi connectivity index (χ4n) is 1.39. The van der Waals surface area contributed by atoms with Crippen molar-refractivity contribution in [1.82, 2.24) is 15.3 Å². The minimum Gasteiger partial charge on any atom is -0.394 e. The molecular weight excluding hydrogens is 210 g/mol. The van der Waals surface area contributed by atoms with Gasteiger partial charge in [-0.15, -0.1) is 0 Å². The monoisotopic (exact) mass is 229 g/mol. The van der Waals surface area contributed by atoms with Crippen LogP contribution in [0.5, 0.6) is 0 Å². The summed E-state index contributed by atoms with van der Waals surface area (Å²) in [5, 5.41) is 13.6. The van der Waals surface area contributed by atoms with Crippen LogP contribution in [0.4, 0.5) is 0 Å². The summed E-state index contributed by atoms with van der Waals surface area (Å²) in [6, 6.07) is 0.361. The van der Waals surface area contributed by atoms with Gasteiger partial charge >= 0.3 is 0 Å². The number of imidazole rings is 1. The first-order valence-corrected chi connectivity index (χ1v) is 6.05. The summed E-state index contributed by atoms with van der Waals surface area (Å²) in [5.74, 6) is 0.787. The van der Waals surface area contributed by atoms with Crippen LogP contribution in [0.25, 0.3) is 0 Å². The smallest absolute Gasteiger partial charge is 0.165 e. The highest BCUT2D eigenvalue weighted by Crippen LogP contribution is 2.19. The fourth-order valence-corrected chi connectivity index (χ4v) is 2.30. The SMILES string of the molecule is CC(C)NC(C)(CO)CSc1ncc[nH]1. The van der Waals surface area contributed by atoms with Crippen molar-refractivity contribution >= 4 is 11.8 Å². The Morgan fingerprint density at radius 1 is 1.67 bits per heavy atom. The van der Waals surface area contributed by atoms with Gasteiger partial charge in [-0.1, -0.05) is 25.6 Å². The van der Waals surface area contributed by atoms with Crippen molar-refractivity contribution in [2.45, 2.75) is 37.5 Å². The largest absolute Gasteiger partial charge is 0.394 e. The number of aliphatic hydroxyl groups is 1. The van der Waals surface area contributed by atoms with Gasteiger partial charge in [-0.3, -0.25) is 0 Å². The van der Waals surface area contributed by atoms with Crippen molar-refractivity contribution in [1.29, 1.82) is 0 Å². The summed E-state index contributed by atoms with van der Waals surface area (Å²) < 4.78 is 0. The number of aliphatic hydroxyl groups excluding tert-OH is 1. The first-order valence-electron chi connectivity index (χ1n) is 5.06. The van der Waals surface area contributed by atoms with Crippen LogP contribution in [0, 0.1) is 0 Å². The Morgan fingerprint density at radius 3 is 2.87 bits per heavy atom. The van der Waals surface area contributed by atoms with Gasteiger partial charge in [-0.2, -0.15) is 0 Å². The molecule has 86 valence electrons. The van der Waals surface area contributed by atoms with E-state index in [1.165, 1.54) is 0 Å². The van der Waals surface area contributed by atoms with Crippen molar-refractivity contribution in [3.8, 4) is 0 Å². The molecule has 1 atom stereocenters. The molecule has 0 saturated heterocycles. The molecule has 0 fully saturated rings. The lowest BCUT2D eigenvalue weighted by Crippen LogP contribution is -2.51. The van der Waals surface area contributed by atoms with E-state index in [1.54, 1.807) is 24.2 Å². The number of aromatic amines is 1. The van der Waals surface area contributed by atoms with Gasteiger partial charge in [0.05, 0.1) is 6.61 Å². The van der Waals surface area contributed by atoms with Gasteiger partial charge in [0.25, 0.3) is 0 Å². The molecule has 1 rings (SSSR count). The second-order valence-corrected chi connectivity index (χ2v) is 5.16. The van der Waals surface area contributed by atoms with E-state index in [4.69, 9.17) is 0 Å². The summed E-state index contributed by atoms with van der Waals surface area (Å²) >= 11 is 1.61. The van der Waals surface area contributed by atoms with Crippen molar-refractivity contribution in [2.75, 3.05) is 12.4 Å². The molecule has 15 heavy (non-hydrogen) atoms. The Labute approximate surface area is 94.9 Å². The molecule has 0 aliphatic rings. The number of thioether (sulfide) groups is 1. The number of aromatic nitrogens is 2. The average Bonchev–Trinajstić information content (AvgIpc) is 2.66. The van der Waals surface area contributed by atoms with Crippen LogP contribution in [-0.4, -0.2) is 39.0 Å². The van der Waals surface area contributed by atoms with E-state index in [9.17, 15) is 5.11 Å². The van der Waals surface area contributed by atoms with Gasteiger partial charge in [0.15, 0.2) is 5.16 Å². The maximum atomic E-state index is 9.36. The molecule has 0 saturated carbocycles. The Balaban J connectivity index is 2.45. The molecule has 1 aromatic rings. The molecule has 3 N–H and O–H groups in total. The molecule has 0 amide bonds. The van der Waals surface area contributed by atoms with E-state index >= 15 is 0 Å². The van der Waals surface area contributed by atoms with E-state index in [0.29, 0.717) is 6.04 Å². The Kier molecular flexibility index (Phi) is 4.63. The molecule has 0 aliphatic carbocycles. The standard InChI is InChI=1S/C10H19N3OS/c1-8(2)13-10(3,6-14)7-15-9-11-4-5-12-9/h4-5,8,13-14H,6-7H2,1-3H3,(H,11,12). The lowest BCUT2D eigenvalue weighted by molar-refractivity contribution is 0.183. The van der Waals surface area contributed by atoms with Crippen LogP contribution in [0.15, 0.2) is 17.6 Å². The van der Waals surface area contributed by atoms with E-state index in [-0.39, 0.29) is 12.1 Å².